The minimum Gasteiger partial charge on any atom is -0.289 e. The van der Waals surface area contributed by atoms with Gasteiger partial charge in [0, 0.05) is 11.1 Å². The SMILES string of the molecule is CCCC(C)c1ccc(C(=O)c2ccccc2C)c(C)c1. The summed E-state index contributed by atoms with van der Waals surface area (Å²) in [6.45, 7) is 8.48. The minimum absolute atomic E-state index is 0.125. The summed E-state index contributed by atoms with van der Waals surface area (Å²) in [5, 5.41) is 0. The molecule has 21 heavy (non-hydrogen) atoms. The summed E-state index contributed by atoms with van der Waals surface area (Å²) in [5.41, 5.74) is 5.05. The molecule has 0 radical (unpaired) electrons. The minimum atomic E-state index is 0.125. The van der Waals surface area contributed by atoms with Crippen molar-refractivity contribution in [2.75, 3.05) is 0 Å². The van der Waals surface area contributed by atoms with Crippen LogP contribution < -0.4 is 0 Å². The van der Waals surface area contributed by atoms with Crippen LogP contribution in [0.3, 0.4) is 0 Å². The number of hydrogen-bond donors (Lipinski definition) is 0. The highest BCUT2D eigenvalue weighted by atomic mass is 16.1. The number of carbonyl (C=O) groups is 1. The van der Waals surface area contributed by atoms with Crippen LogP contribution in [0.5, 0.6) is 0 Å². The molecule has 2 aromatic carbocycles. The summed E-state index contributed by atoms with van der Waals surface area (Å²) < 4.78 is 0. The maximum Gasteiger partial charge on any atom is 0.193 e. The molecule has 2 aromatic rings. The molecule has 0 saturated heterocycles. The summed E-state index contributed by atoms with van der Waals surface area (Å²) in [5.74, 6) is 0.677. The van der Waals surface area contributed by atoms with Gasteiger partial charge >= 0.3 is 0 Å². The van der Waals surface area contributed by atoms with Gasteiger partial charge < -0.3 is 0 Å². The van der Waals surface area contributed by atoms with Crippen molar-refractivity contribution < 1.29 is 4.79 Å². The first kappa shape index (κ1) is 15.5. The predicted molar refractivity (Wildman–Crippen MR) is 89.1 cm³/mol. The highest BCUT2D eigenvalue weighted by Gasteiger charge is 2.15. The van der Waals surface area contributed by atoms with E-state index in [0.717, 1.165) is 22.3 Å². The molecule has 0 spiro atoms. The van der Waals surface area contributed by atoms with E-state index in [1.54, 1.807) is 0 Å². The van der Waals surface area contributed by atoms with E-state index < -0.39 is 0 Å². The van der Waals surface area contributed by atoms with E-state index >= 15 is 0 Å². The number of rotatable bonds is 5. The molecule has 0 amide bonds. The predicted octanol–water partition coefficient (Wildman–Crippen LogP) is 5.44. The lowest BCUT2D eigenvalue weighted by Crippen LogP contribution is -2.06. The summed E-state index contributed by atoms with van der Waals surface area (Å²) >= 11 is 0. The Morgan fingerprint density at radius 2 is 1.67 bits per heavy atom. The Hall–Kier alpha value is -1.89. The Morgan fingerprint density at radius 3 is 2.29 bits per heavy atom. The van der Waals surface area contributed by atoms with Crippen molar-refractivity contribution in [1.82, 2.24) is 0 Å². The zero-order chi connectivity index (χ0) is 15.4. The third-order valence-corrected chi connectivity index (χ3v) is 4.18. The van der Waals surface area contributed by atoms with E-state index in [-0.39, 0.29) is 5.78 Å². The topological polar surface area (TPSA) is 17.1 Å². The molecule has 0 fully saturated rings. The van der Waals surface area contributed by atoms with Gasteiger partial charge in [-0.25, -0.2) is 0 Å². The van der Waals surface area contributed by atoms with Crippen LogP contribution in [0.4, 0.5) is 0 Å². The molecule has 1 nitrogen and oxygen atoms in total. The molecule has 0 aliphatic rings. The zero-order valence-electron chi connectivity index (χ0n) is 13.4. The summed E-state index contributed by atoms with van der Waals surface area (Å²) in [6.07, 6.45) is 2.37. The van der Waals surface area contributed by atoms with Crippen molar-refractivity contribution >= 4 is 5.78 Å². The molecule has 1 atom stereocenters. The molecule has 0 bridgehead atoms. The Labute approximate surface area is 128 Å². The quantitative estimate of drug-likeness (QED) is 0.667. The van der Waals surface area contributed by atoms with Gasteiger partial charge in [-0.15, -0.1) is 0 Å². The van der Waals surface area contributed by atoms with E-state index in [2.05, 4.69) is 26.0 Å². The van der Waals surface area contributed by atoms with Gasteiger partial charge in [0.1, 0.15) is 0 Å². The molecular formula is C20H24O. The van der Waals surface area contributed by atoms with Gasteiger partial charge in [-0.05, 0) is 42.9 Å². The van der Waals surface area contributed by atoms with Crippen molar-refractivity contribution in [2.24, 2.45) is 0 Å². The molecule has 0 aliphatic carbocycles. The Bertz CT molecular complexity index is 640. The van der Waals surface area contributed by atoms with Gasteiger partial charge in [0.2, 0.25) is 0 Å². The first-order valence-corrected chi connectivity index (χ1v) is 7.75. The van der Waals surface area contributed by atoms with E-state index in [1.165, 1.54) is 18.4 Å². The fourth-order valence-electron chi connectivity index (χ4n) is 2.82. The number of ketones is 1. The number of benzene rings is 2. The van der Waals surface area contributed by atoms with E-state index in [0.29, 0.717) is 5.92 Å². The average Bonchev–Trinajstić information content (AvgIpc) is 2.47. The monoisotopic (exact) mass is 280 g/mol. The molecule has 110 valence electrons. The van der Waals surface area contributed by atoms with Crippen LogP contribution in [0.1, 0.15) is 65.2 Å². The van der Waals surface area contributed by atoms with Crippen LogP contribution in [0.15, 0.2) is 42.5 Å². The van der Waals surface area contributed by atoms with E-state index in [9.17, 15) is 4.79 Å². The molecule has 1 heteroatoms. The summed E-state index contributed by atoms with van der Waals surface area (Å²) in [6, 6.07) is 14.1. The second-order valence-electron chi connectivity index (χ2n) is 5.91. The third-order valence-electron chi connectivity index (χ3n) is 4.18. The molecule has 0 N–H and O–H groups in total. The molecule has 0 saturated carbocycles. The lowest BCUT2D eigenvalue weighted by atomic mass is 9.90. The van der Waals surface area contributed by atoms with Gasteiger partial charge in [-0.2, -0.15) is 0 Å². The fraction of sp³-hybridized carbons (Fsp3) is 0.350. The van der Waals surface area contributed by atoms with Crippen LogP contribution in [-0.2, 0) is 0 Å². The Kier molecular flexibility index (Phi) is 4.95. The standard InChI is InChI=1S/C20H24O/c1-5-8-14(2)17-11-12-19(16(4)13-17)20(21)18-10-7-6-9-15(18)3/h6-7,9-14H,5,8H2,1-4H3. The van der Waals surface area contributed by atoms with Crippen molar-refractivity contribution in [2.45, 2.75) is 46.5 Å². The normalized spacial score (nSPS) is 12.2. The van der Waals surface area contributed by atoms with Crippen molar-refractivity contribution in [3.05, 3.63) is 70.3 Å². The van der Waals surface area contributed by atoms with Gasteiger partial charge in [0.15, 0.2) is 5.78 Å². The first-order valence-electron chi connectivity index (χ1n) is 7.75. The van der Waals surface area contributed by atoms with Crippen molar-refractivity contribution in [3.8, 4) is 0 Å². The molecule has 1 unspecified atom stereocenters. The molecular weight excluding hydrogens is 256 g/mol. The molecule has 2 rings (SSSR count). The zero-order valence-corrected chi connectivity index (χ0v) is 13.4. The van der Waals surface area contributed by atoms with Gasteiger partial charge in [0.25, 0.3) is 0 Å². The maximum absolute atomic E-state index is 12.7. The van der Waals surface area contributed by atoms with Crippen LogP contribution in [-0.4, -0.2) is 5.78 Å². The van der Waals surface area contributed by atoms with Gasteiger partial charge in [-0.1, -0.05) is 62.7 Å². The van der Waals surface area contributed by atoms with Gasteiger partial charge in [0.05, 0.1) is 0 Å². The second kappa shape index (κ2) is 6.71. The number of carbonyl (C=O) groups excluding carboxylic acids is 1. The van der Waals surface area contributed by atoms with E-state index in [4.69, 9.17) is 0 Å². The lowest BCUT2D eigenvalue weighted by molar-refractivity contribution is 0.103. The summed E-state index contributed by atoms with van der Waals surface area (Å²) in [4.78, 5) is 12.7. The Morgan fingerprint density at radius 1 is 1.00 bits per heavy atom. The van der Waals surface area contributed by atoms with Gasteiger partial charge in [-0.3, -0.25) is 4.79 Å². The van der Waals surface area contributed by atoms with Crippen molar-refractivity contribution in [3.63, 3.8) is 0 Å². The second-order valence-corrected chi connectivity index (χ2v) is 5.91. The summed E-state index contributed by atoms with van der Waals surface area (Å²) in [7, 11) is 0. The largest absolute Gasteiger partial charge is 0.289 e. The fourth-order valence-corrected chi connectivity index (χ4v) is 2.82. The van der Waals surface area contributed by atoms with Crippen LogP contribution in [0.2, 0.25) is 0 Å². The number of aryl methyl sites for hydroxylation is 2. The molecule has 0 heterocycles. The molecule has 0 aliphatic heterocycles. The van der Waals surface area contributed by atoms with Crippen LogP contribution in [0, 0.1) is 13.8 Å². The number of hydrogen-bond acceptors (Lipinski definition) is 1. The first-order chi connectivity index (χ1) is 10.0. The van der Waals surface area contributed by atoms with Crippen LogP contribution in [0.25, 0.3) is 0 Å². The smallest absolute Gasteiger partial charge is 0.193 e. The highest BCUT2D eigenvalue weighted by Crippen LogP contribution is 2.24. The average molecular weight is 280 g/mol. The van der Waals surface area contributed by atoms with Crippen LogP contribution >= 0.6 is 0 Å². The third kappa shape index (κ3) is 3.41. The van der Waals surface area contributed by atoms with E-state index in [1.807, 2.05) is 44.2 Å². The maximum atomic E-state index is 12.7. The lowest BCUT2D eigenvalue weighted by Gasteiger charge is -2.14. The Balaban J connectivity index is 2.33. The highest BCUT2D eigenvalue weighted by molar-refractivity contribution is 6.10. The van der Waals surface area contributed by atoms with Crippen molar-refractivity contribution in [1.29, 1.82) is 0 Å². The molecule has 0 aromatic heterocycles.